The highest BCUT2D eigenvalue weighted by Gasteiger charge is 2.05. The van der Waals surface area contributed by atoms with Crippen LogP contribution in [0.5, 0.6) is 17.2 Å². The van der Waals surface area contributed by atoms with E-state index in [4.69, 9.17) is 31.5 Å². The van der Waals surface area contributed by atoms with Crippen LogP contribution in [-0.4, -0.2) is 14.2 Å². The second-order valence-corrected chi connectivity index (χ2v) is 4.57. The SMILES string of the molecule is COc1ccc(COc2ccc(N)c(Cl)c2)cc1OC. The first-order valence-corrected chi connectivity index (χ1v) is 6.40. The van der Waals surface area contributed by atoms with Crippen LogP contribution in [0, 0.1) is 0 Å². The number of nitrogen functional groups attached to an aromatic ring is 1. The van der Waals surface area contributed by atoms with Crippen molar-refractivity contribution >= 4 is 17.3 Å². The molecule has 0 saturated heterocycles. The standard InChI is InChI=1S/C15H16ClNO3/c1-18-14-6-3-10(7-15(14)19-2)9-20-11-4-5-13(17)12(16)8-11/h3-8H,9,17H2,1-2H3. The Morgan fingerprint density at radius 2 is 1.75 bits per heavy atom. The quantitative estimate of drug-likeness (QED) is 0.857. The molecule has 0 aliphatic rings. The molecule has 2 rings (SSSR count). The van der Waals surface area contributed by atoms with E-state index in [1.807, 2.05) is 18.2 Å². The van der Waals surface area contributed by atoms with Gasteiger partial charge in [-0.25, -0.2) is 0 Å². The fourth-order valence-electron chi connectivity index (χ4n) is 1.73. The molecule has 2 N–H and O–H groups in total. The molecule has 0 fully saturated rings. The molecule has 0 unspecified atom stereocenters. The molecule has 0 radical (unpaired) electrons. The van der Waals surface area contributed by atoms with Gasteiger partial charge in [-0.3, -0.25) is 0 Å². The normalized spacial score (nSPS) is 10.2. The van der Waals surface area contributed by atoms with Crippen LogP contribution in [0.25, 0.3) is 0 Å². The molecule has 2 aromatic rings. The average Bonchev–Trinajstić information content (AvgIpc) is 2.48. The first kappa shape index (κ1) is 14.3. The van der Waals surface area contributed by atoms with Crippen LogP contribution in [0.1, 0.15) is 5.56 Å². The average molecular weight is 294 g/mol. The van der Waals surface area contributed by atoms with Gasteiger partial charge in [-0.2, -0.15) is 0 Å². The van der Waals surface area contributed by atoms with E-state index in [0.29, 0.717) is 34.6 Å². The summed E-state index contributed by atoms with van der Waals surface area (Å²) in [7, 11) is 3.20. The van der Waals surface area contributed by atoms with Gasteiger partial charge in [0.25, 0.3) is 0 Å². The predicted octanol–water partition coefficient (Wildman–Crippen LogP) is 3.52. The van der Waals surface area contributed by atoms with Crippen LogP contribution in [0.4, 0.5) is 5.69 Å². The van der Waals surface area contributed by atoms with E-state index in [-0.39, 0.29) is 0 Å². The molecule has 106 valence electrons. The molecule has 2 aromatic carbocycles. The number of nitrogens with two attached hydrogens (primary N) is 1. The number of hydrogen-bond acceptors (Lipinski definition) is 4. The molecule has 5 heteroatoms. The predicted molar refractivity (Wildman–Crippen MR) is 79.7 cm³/mol. The smallest absolute Gasteiger partial charge is 0.161 e. The minimum Gasteiger partial charge on any atom is -0.493 e. The zero-order valence-corrected chi connectivity index (χ0v) is 12.1. The van der Waals surface area contributed by atoms with E-state index in [1.54, 1.807) is 32.4 Å². The number of anilines is 1. The third-order valence-electron chi connectivity index (χ3n) is 2.83. The van der Waals surface area contributed by atoms with Gasteiger partial charge in [-0.15, -0.1) is 0 Å². The second kappa shape index (κ2) is 6.39. The van der Waals surface area contributed by atoms with E-state index < -0.39 is 0 Å². The summed E-state index contributed by atoms with van der Waals surface area (Å²) in [5.41, 5.74) is 7.15. The summed E-state index contributed by atoms with van der Waals surface area (Å²) in [4.78, 5) is 0. The number of ether oxygens (including phenoxy) is 3. The lowest BCUT2D eigenvalue weighted by Crippen LogP contribution is -1.98. The van der Waals surface area contributed by atoms with Crippen molar-refractivity contribution in [1.29, 1.82) is 0 Å². The lowest BCUT2D eigenvalue weighted by atomic mass is 10.2. The Morgan fingerprint density at radius 3 is 2.40 bits per heavy atom. The molecule has 0 heterocycles. The first-order valence-electron chi connectivity index (χ1n) is 6.02. The van der Waals surface area contributed by atoms with Crippen molar-refractivity contribution in [2.45, 2.75) is 6.61 Å². The topological polar surface area (TPSA) is 53.7 Å². The second-order valence-electron chi connectivity index (χ2n) is 4.16. The van der Waals surface area contributed by atoms with Crippen LogP contribution in [0.15, 0.2) is 36.4 Å². The molecular formula is C15H16ClNO3. The van der Waals surface area contributed by atoms with Crippen LogP contribution in [0.3, 0.4) is 0 Å². The first-order chi connectivity index (χ1) is 9.63. The third-order valence-corrected chi connectivity index (χ3v) is 3.15. The van der Waals surface area contributed by atoms with Gasteiger partial charge in [-0.1, -0.05) is 17.7 Å². The Hall–Kier alpha value is -2.07. The summed E-state index contributed by atoms with van der Waals surface area (Å²) in [5, 5.41) is 0.481. The van der Waals surface area contributed by atoms with Crippen molar-refractivity contribution in [2.75, 3.05) is 20.0 Å². The number of benzene rings is 2. The van der Waals surface area contributed by atoms with Gasteiger partial charge in [0.15, 0.2) is 11.5 Å². The van der Waals surface area contributed by atoms with E-state index in [1.165, 1.54) is 0 Å². The maximum absolute atomic E-state index is 5.94. The lowest BCUT2D eigenvalue weighted by Gasteiger charge is -2.11. The number of hydrogen-bond donors (Lipinski definition) is 1. The number of rotatable bonds is 5. The highest BCUT2D eigenvalue weighted by Crippen LogP contribution is 2.29. The molecule has 0 spiro atoms. The molecule has 0 bridgehead atoms. The summed E-state index contributed by atoms with van der Waals surface area (Å²) in [6.45, 7) is 0.403. The molecule has 0 saturated carbocycles. The van der Waals surface area contributed by atoms with Gasteiger partial charge in [0.1, 0.15) is 12.4 Å². The van der Waals surface area contributed by atoms with Gasteiger partial charge in [-0.05, 0) is 29.8 Å². The maximum atomic E-state index is 5.94. The monoisotopic (exact) mass is 293 g/mol. The molecule has 4 nitrogen and oxygen atoms in total. The Balaban J connectivity index is 2.08. The molecule has 0 aliphatic heterocycles. The van der Waals surface area contributed by atoms with Gasteiger partial charge in [0, 0.05) is 6.07 Å². The third kappa shape index (κ3) is 3.27. The Kier molecular flexibility index (Phi) is 4.58. The van der Waals surface area contributed by atoms with Gasteiger partial charge in [0.2, 0.25) is 0 Å². The van der Waals surface area contributed by atoms with Crippen LogP contribution >= 0.6 is 11.6 Å². The van der Waals surface area contributed by atoms with E-state index in [2.05, 4.69) is 0 Å². The largest absolute Gasteiger partial charge is 0.493 e. The van der Waals surface area contributed by atoms with Gasteiger partial charge >= 0.3 is 0 Å². The van der Waals surface area contributed by atoms with Gasteiger partial charge < -0.3 is 19.9 Å². The highest BCUT2D eigenvalue weighted by molar-refractivity contribution is 6.33. The van der Waals surface area contributed by atoms with Crippen molar-refractivity contribution in [2.24, 2.45) is 0 Å². The lowest BCUT2D eigenvalue weighted by molar-refractivity contribution is 0.304. The summed E-state index contributed by atoms with van der Waals surface area (Å²) in [5.74, 6) is 2.02. The summed E-state index contributed by atoms with van der Waals surface area (Å²) >= 11 is 5.94. The van der Waals surface area contributed by atoms with Crippen molar-refractivity contribution in [3.8, 4) is 17.2 Å². The van der Waals surface area contributed by atoms with E-state index in [0.717, 1.165) is 5.56 Å². The summed E-state index contributed by atoms with van der Waals surface area (Å²) in [6.07, 6.45) is 0. The number of methoxy groups -OCH3 is 2. The minimum atomic E-state index is 0.403. The molecule has 20 heavy (non-hydrogen) atoms. The summed E-state index contributed by atoms with van der Waals surface area (Å²) in [6, 6.07) is 10.8. The minimum absolute atomic E-state index is 0.403. The molecule has 0 atom stereocenters. The number of halogens is 1. The van der Waals surface area contributed by atoms with E-state index >= 15 is 0 Å². The fourth-order valence-corrected chi connectivity index (χ4v) is 1.91. The Morgan fingerprint density at radius 1 is 1.00 bits per heavy atom. The maximum Gasteiger partial charge on any atom is 0.161 e. The molecule has 0 aliphatic carbocycles. The molecular weight excluding hydrogens is 278 g/mol. The van der Waals surface area contributed by atoms with Crippen molar-refractivity contribution in [1.82, 2.24) is 0 Å². The highest BCUT2D eigenvalue weighted by atomic mass is 35.5. The van der Waals surface area contributed by atoms with Crippen molar-refractivity contribution in [3.05, 3.63) is 47.0 Å². The summed E-state index contributed by atoms with van der Waals surface area (Å²) < 4.78 is 16.1. The van der Waals surface area contributed by atoms with Crippen LogP contribution < -0.4 is 19.9 Å². The Labute approximate surface area is 123 Å². The zero-order chi connectivity index (χ0) is 14.5. The van der Waals surface area contributed by atoms with Crippen LogP contribution in [0.2, 0.25) is 5.02 Å². The molecule has 0 amide bonds. The zero-order valence-electron chi connectivity index (χ0n) is 11.4. The van der Waals surface area contributed by atoms with Gasteiger partial charge in [0.05, 0.1) is 24.9 Å². The van der Waals surface area contributed by atoms with Crippen molar-refractivity contribution < 1.29 is 14.2 Å². The van der Waals surface area contributed by atoms with Crippen molar-refractivity contribution in [3.63, 3.8) is 0 Å². The van der Waals surface area contributed by atoms with E-state index in [9.17, 15) is 0 Å². The fraction of sp³-hybridized carbons (Fsp3) is 0.200. The Bertz CT molecular complexity index is 602. The molecule has 0 aromatic heterocycles. The van der Waals surface area contributed by atoms with Crippen LogP contribution in [-0.2, 0) is 6.61 Å².